The molecule has 5 rings (SSSR count). The molecule has 2 amide bonds. The predicted molar refractivity (Wildman–Crippen MR) is 158 cm³/mol. The van der Waals surface area contributed by atoms with Crippen LogP contribution in [0.25, 0.3) is 6.08 Å². The first-order valence-corrected chi connectivity index (χ1v) is 13.1. The minimum Gasteiger partial charge on any atom is -0.496 e. The molecule has 188 valence electrons. The summed E-state index contributed by atoms with van der Waals surface area (Å²) in [7, 11) is 1.61. The first-order valence-electron chi connectivity index (χ1n) is 11.9. The van der Waals surface area contributed by atoms with E-state index in [0.717, 1.165) is 15.6 Å². The first kappa shape index (κ1) is 25.6. The molecule has 1 saturated heterocycles. The van der Waals surface area contributed by atoms with Crippen LogP contribution in [0.3, 0.4) is 0 Å². The number of carbonyl (C=O) groups excluding carboxylic acids is 2. The molecule has 7 heteroatoms. The van der Waals surface area contributed by atoms with Gasteiger partial charge in [0.1, 0.15) is 11.3 Å². The van der Waals surface area contributed by atoms with Crippen LogP contribution in [0.5, 0.6) is 5.75 Å². The van der Waals surface area contributed by atoms with Crippen LogP contribution in [0.1, 0.15) is 16.7 Å². The average Bonchev–Trinajstić information content (AvgIpc) is 2.94. The molecule has 0 saturated carbocycles. The molecule has 0 N–H and O–H groups in total. The van der Waals surface area contributed by atoms with Crippen molar-refractivity contribution >= 4 is 62.5 Å². The topological polar surface area (TPSA) is 49.9 Å². The molecular weight excluding hydrogens is 560 g/mol. The number of para-hydroxylation sites is 2. The zero-order chi connectivity index (χ0) is 26.6. The lowest BCUT2D eigenvalue weighted by Crippen LogP contribution is -2.56. The summed E-state index contributed by atoms with van der Waals surface area (Å²) >= 11 is 9.28. The molecule has 38 heavy (non-hydrogen) atoms. The molecule has 1 heterocycles. The summed E-state index contributed by atoms with van der Waals surface area (Å²) in [4.78, 5) is 30.2. The van der Waals surface area contributed by atoms with Crippen molar-refractivity contribution in [3.05, 3.63) is 130 Å². The lowest BCUT2D eigenvalue weighted by molar-refractivity contribution is -0.120. The molecule has 4 aromatic rings. The number of hydrogen-bond acceptors (Lipinski definition) is 4. The Labute approximate surface area is 235 Å². The van der Waals surface area contributed by atoms with Crippen molar-refractivity contribution in [3.63, 3.8) is 0 Å². The molecule has 4 aromatic carbocycles. The van der Waals surface area contributed by atoms with Crippen molar-refractivity contribution in [3.8, 4) is 5.75 Å². The lowest BCUT2D eigenvalue weighted by Gasteiger charge is -2.36. The number of nitrogens with zero attached hydrogens (tertiary/aromatic N) is 2. The highest BCUT2D eigenvalue weighted by atomic mass is 79.9. The Balaban J connectivity index is 1.56. The highest BCUT2D eigenvalue weighted by molar-refractivity contribution is 9.10. The molecule has 0 bridgehead atoms. The number of anilines is 2. The third-order valence-electron chi connectivity index (χ3n) is 6.24. The van der Waals surface area contributed by atoms with Gasteiger partial charge < -0.3 is 4.74 Å². The van der Waals surface area contributed by atoms with E-state index in [1.165, 1.54) is 9.80 Å². The van der Waals surface area contributed by atoms with Crippen LogP contribution in [-0.2, 0) is 16.0 Å². The number of hydrogen-bond donors (Lipinski definition) is 0. The summed E-state index contributed by atoms with van der Waals surface area (Å²) < 4.78 is 6.70. The predicted octanol–water partition coefficient (Wildman–Crippen LogP) is 6.80. The Hall–Kier alpha value is -4.07. The quantitative estimate of drug-likeness (QED) is 0.142. The number of amides is 2. The number of thiocarbonyl (C=S) groups is 1. The lowest BCUT2D eigenvalue weighted by atomic mass is 10.00. The van der Waals surface area contributed by atoms with Crippen LogP contribution in [0.2, 0.25) is 0 Å². The highest BCUT2D eigenvalue weighted by Crippen LogP contribution is 2.31. The summed E-state index contributed by atoms with van der Waals surface area (Å²) in [5, 5.41) is 0.107. The second kappa shape index (κ2) is 11.1. The smallest absolute Gasteiger partial charge is 0.270 e. The Morgan fingerprint density at radius 3 is 1.87 bits per heavy atom. The third-order valence-corrected chi connectivity index (χ3v) is 7.38. The number of methoxy groups -OCH3 is 1. The second-order valence-electron chi connectivity index (χ2n) is 8.63. The Bertz CT molecular complexity index is 1490. The van der Waals surface area contributed by atoms with Gasteiger partial charge in [0, 0.05) is 10.9 Å². The second-order valence-corrected chi connectivity index (χ2v) is 9.85. The van der Waals surface area contributed by atoms with Crippen LogP contribution in [0, 0.1) is 0 Å². The molecule has 0 aliphatic carbocycles. The fourth-order valence-electron chi connectivity index (χ4n) is 4.35. The SMILES string of the molecule is COc1cc(C=C2C(=O)N(c3ccccc3)C(=S)N(c3ccccc3)C2=O)ccc1Cc1ccccc1Br. The number of halogens is 1. The Kier molecular flexibility index (Phi) is 7.49. The van der Waals surface area contributed by atoms with Crippen LogP contribution in [0.15, 0.2) is 113 Å². The van der Waals surface area contributed by atoms with Gasteiger partial charge in [-0.25, -0.2) is 0 Å². The number of rotatable bonds is 6. The minimum atomic E-state index is -0.477. The van der Waals surface area contributed by atoms with E-state index in [2.05, 4.69) is 22.0 Å². The van der Waals surface area contributed by atoms with E-state index in [-0.39, 0.29) is 10.7 Å². The number of ether oxygens (including phenoxy) is 1. The largest absolute Gasteiger partial charge is 0.496 e. The van der Waals surface area contributed by atoms with Crippen molar-refractivity contribution in [1.82, 2.24) is 0 Å². The van der Waals surface area contributed by atoms with Crippen LogP contribution < -0.4 is 14.5 Å². The standard InChI is InChI=1S/C31H23BrN2O3S/c1-37-28-19-21(16-17-23(28)20-22-10-8-9-15-27(22)32)18-26-29(35)33(24-11-4-2-5-12-24)31(38)34(30(26)36)25-13-6-3-7-14-25/h2-19H,20H2,1H3. The van der Waals surface area contributed by atoms with E-state index in [0.29, 0.717) is 29.1 Å². The molecule has 0 aromatic heterocycles. The molecule has 0 radical (unpaired) electrons. The molecule has 1 fully saturated rings. The third kappa shape index (κ3) is 5.03. The summed E-state index contributed by atoms with van der Waals surface area (Å²) in [6.45, 7) is 0. The molecule has 1 aliphatic heterocycles. The van der Waals surface area contributed by atoms with Crippen molar-refractivity contribution in [2.45, 2.75) is 6.42 Å². The summed E-state index contributed by atoms with van der Waals surface area (Å²) in [5.41, 5.74) is 3.96. The number of benzene rings is 4. The summed E-state index contributed by atoms with van der Waals surface area (Å²) in [5.74, 6) is -0.287. The molecular formula is C31H23BrN2O3S. The maximum Gasteiger partial charge on any atom is 0.270 e. The van der Waals surface area contributed by atoms with E-state index >= 15 is 0 Å². The zero-order valence-electron chi connectivity index (χ0n) is 20.5. The molecule has 5 nitrogen and oxygen atoms in total. The fourth-order valence-corrected chi connectivity index (χ4v) is 5.15. The van der Waals surface area contributed by atoms with E-state index in [1.807, 2.05) is 72.8 Å². The maximum absolute atomic E-state index is 13.7. The molecule has 0 atom stereocenters. The maximum atomic E-state index is 13.7. The van der Waals surface area contributed by atoms with Gasteiger partial charge in [0.15, 0.2) is 5.11 Å². The Morgan fingerprint density at radius 2 is 1.32 bits per heavy atom. The van der Waals surface area contributed by atoms with Gasteiger partial charge in [-0.1, -0.05) is 82.7 Å². The van der Waals surface area contributed by atoms with Gasteiger partial charge in [0.25, 0.3) is 11.8 Å². The van der Waals surface area contributed by atoms with Crippen molar-refractivity contribution in [2.24, 2.45) is 0 Å². The van der Waals surface area contributed by atoms with E-state index in [9.17, 15) is 9.59 Å². The first-order chi connectivity index (χ1) is 18.5. The van der Waals surface area contributed by atoms with Gasteiger partial charge in [0.05, 0.1) is 18.5 Å². The fraction of sp³-hybridized carbons (Fsp3) is 0.0645. The van der Waals surface area contributed by atoms with Gasteiger partial charge in [-0.05, 0) is 71.4 Å². The number of carbonyl (C=O) groups is 2. The Morgan fingerprint density at radius 1 is 0.763 bits per heavy atom. The monoisotopic (exact) mass is 582 g/mol. The van der Waals surface area contributed by atoms with Crippen LogP contribution >= 0.6 is 28.1 Å². The van der Waals surface area contributed by atoms with Crippen LogP contribution in [0.4, 0.5) is 11.4 Å². The van der Waals surface area contributed by atoms with Gasteiger partial charge in [-0.2, -0.15) is 0 Å². The van der Waals surface area contributed by atoms with E-state index < -0.39 is 11.8 Å². The minimum absolute atomic E-state index is 0.00640. The summed E-state index contributed by atoms with van der Waals surface area (Å²) in [6, 6.07) is 31.9. The van der Waals surface area contributed by atoms with Crippen molar-refractivity contribution in [1.29, 1.82) is 0 Å². The van der Waals surface area contributed by atoms with Crippen molar-refractivity contribution < 1.29 is 14.3 Å². The van der Waals surface area contributed by atoms with Gasteiger partial charge in [-0.15, -0.1) is 0 Å². The molecule has 1 aliphatic rings. The summed E-state index contributed by atoms with van der Waals surface area (Å²) in [6.07, 6.45) is 2.26. The van der Waals surface area contributed by atoms with E-state index in [4.69, 9.17) is 17.0 Å². The highest BCUT2D eigenvalue weighted by Gasteiger charge is 2.41. The van der Waals surface area contributed by atoms with Crippen LogP contribution in [-0.4, -0.2) is 24.0 Å². The van der Waals surface area contributed by atoms with E-state index in [1.54, 1.807) is 37.5 Å². The molecule has 0 spiro atoms. The molecule has 0 unspecified atom stereocenters. The normalized spacial score (nSPS) is 13.6. The van der Waals surface area contributed by atoms with Gasteiger partial charge in [0.2, 0.25) is 0 Å². The van der Waals surface area contributed by atoms with Gasteiger partial charge in [-0.3, -0.25) is 19.4 Å². The zero-order valence-corrected chi connectivity index (χ0v) is 22.9. The van der Waals surface area contributed by atoms with Gasteiger partial charge >= 0.3 is 0 Å². The average molecular weight is 584 g/mol. The van der Waals surface area contributed by atoms with Crippen molar-refractivity contribution in [2.75, 3.05) is 16.9 Å².